The molecule has 0 aliphatic rings. The van der Waals surface area contributed by atoms with Crippen molar-refractivity contribution in [3.8, 4) is 74.1 Å². The zero-order valence-electron chi connectivity index (χ0n) is 31.4. The molecule has 8 aromatic rings. The summed E-state index contributed by atoms with van der Waals surface area (Å²) in [4.78, 5) is 18.2. The molecule has 0 radical (unpaired) electrons. The van der Waals surface area contributed by atoms with Crippen LogP contribution in [0.5, 0.6) is 23.0 Å². The highest BCUT2D eigenvalue weighted by Crippen LogP contribution is 2.41. The quantitative estimate of drug-likeness (QED) is 0.0651. The number of hydrogen-bond donors (Lipinski definition) is 3. The van der Waals surface area contributed by atoms with Crippen LogP contribution in [0.3, 0.4) is 0 Å². The Bertz CT molecular complexity index is 2910. The molecule has 5 N–H and O–H groups in total. The lowest BCUT2D eigenvalue weighted by molar-refractivity contribution is 0.477. The van der Waals surface area contributed by atoms with E-state index in [0.29, 0.717) is 74.4 Å². The molecule has 4 aromatic carbocycles. The fourth-order valence-corrected chi connectivity index (χ4v) is 7.55. The van der Waals surface area contributed by atoms with Gasteiger partial charge in [0.15, 0.2) is 0 Å². The van der Waals surface area contributed by atoms with Crippen molar-refractivity contribution in [3.05, 3.63) is 183 Å². The number of nitriles is 1. The topological polar surface area (TPSA) is 170 Å². The van der Waals surface area contributed by atoms with Crippen LogP contribution in [0.1, 0.15) is 22.3 Å². The van der Waals surface area contributed by atoms with Crippen molar-refractivity contribution in [2.45, 2.75) is 6.42 Å². The number of rotatable bonds is 11. The molecule has 0 bridgehead atoms. The molecule has 10 nitrogen and oxygen atoms in total. The molecule has 0 amide bonds. The van der Waals surface area contributed by atoms with Gasteiger partial charge < -0.3 is 20.9 Å². The van der Waals surface area contributed by atoms with Gasteiger partial charge in [-0.3, -0.25) is 15.4 Å². The number of benzene rings is 4. The fourth-order valence-electron chi connectivity index (χ4n) is 6.63. The molecule has 0 saturated carbocycles. The SMILES string of the molecule is N#Cc1c(-c2ccc(Oc3ccccc3Cc3ccc(-c4c(Cl)nc(-c5ccc(Oc6ccccc6)cc5)c(C(=N)N)c4N)nc3)cc2)nc(Cl)c(-c2ccccn2)c1Cl. The highest BCUT2D eigenvalue weighted by Gasteiger charge is 2.23. The summed E-state index contributed by atoms with van der Waals surface area (Å²) in [5.41, 5.74) is 19.0. The molecule has 0 spiro atoms. The predicted molar refractivity (Wildman–Crippen MR) is 237 cm³/mol. The molecule has 0 aliphatic carbocycles. The van der Waals surface area contributed by atoms with Gasteiger partial charge in [-0.15, -0.1) is 0 Å². The van der Waals surface area contributed by atoms with Gasteiger partial charge in [0.2, 0.25) is 0 Å². The van der Waals surface area contributed by atoms with E-state index in [9.17, 15) is 5.26 Å². The number of nitrogen functional groups attached to an aromatic ring is 2. The number of anilines is 1. The van der Waals surface area contributed by atoms with Gasteiger partial charge in [-0.2, -0.15) is 5.26 Å². The predicted octanol–water partition coefficient (Wildman–Crippen LogP) is 11.8. The van der Waals surface area contributed by atoms with E-state index in [1.54, 1.807) is 67.0 Å². The lowest BCUT2D eigenvalue weighted by Crippen LogP contribution is -2.17. The second kappa shape index (κ2) is 17.3. The summed E-state index contributed by atoms with van der Waals surface area (Å²) in [6, 6.07) is 42.8. The summed E-state index contributed by atoms with van der Waals surface area (Å²) in [6.45, 7) is 0. The third-order valence-corrected chi connectivity index (χ3v) is 10.4. The van der Waals surface area contributed by atoms with E-state index in [1.165, 1.54) is 0 Å². The summed E-state index contributed by atoms with van der Waals surface area (Å²) >= 11 is 20.1. The average Bonchev–Trinajstić information content (AvgIpc) is 3.26. The van der Waals surface area contributed by atoms with Crippen molar-refractivity contribution in [2.24, 2.45) is 5.73 Å². The lowest BCUT2D eigenvalue weighted by atomic mass is 9.98. The Morgan fingerprint density at radius 1 is 0.650 bits per heavy atom. The first-order valence-corrected chi connectivity index (χ1v) is 19.5. The van der Waals surface area contributed by atoms with Gasteiger partial charge in [0, 0.05) is 29.9 Å². The normalized spacial score (nSPS) is 10.8. The summed E-state index contributed by atoms with van der Waals surface area (Å²) in [7, 11) is 0. The second-order valence-corrected chi connectivity index (χ2v) is 14.5. The number of para-hydroxylation sites is 2. The van der Waals surface area contributed by atoms with E-state index in [2.05, 4.69) is 21.0 Å². The van der Waals surface area contributed by atoms with Crippen molar-refractivity contribution in [3.63, 3.8) is 0 Å². The number of nitrogens with two attached hydrogens (primary N) is 2. The minimum absolute atomic E-state index is 0.120. The largest absolute Gasteiger partial charge is 0.457 e. The molecule has 60 heavy (non-hydrogen) atoms. The van der Waals surface area contributed by atoms with Gasteiger partial charge in [0.25, 0.3) is 0 Å². The van der Waals surface area contributed by atoms with E-state index in [0.717, 1.165) is 11.1 Å². The van der Waals surface area contributed by atoms with Gasteiger partial charge >= 0.3 is 0 Å². The van der Waals surface area contributed by atoms with E-state index < -0.39 is 0 Å². The Morgan fingerprint density at radius 3 is 1.90 bits per heavy atom. The van der Waals surface area contributed by atoms with E-state index >= 15 is 0 Å². The monoisotopic (exact) mass is 844 g/mol. The van der Waals surface area contributed by atoms with Crippen molar-refractivity contribution < 1.29 is 9.47 Å². The van der Waals surface area contributed by atoms with Crippen LogP contribution in [0.25, 0.3) is 45.0 Å². The number of aromatic nitrogens is 4. The van der Waals surface area contributed by atoms with E-state index in [4.69, 9.17) is 66.1 Å². The van der Waals surface area contributed by atoms with Gasteiger partial charge in [0.05, 0.1) is 55.7 Å². The molecular formula is C47H31Cl3N8O2. The van der Waals surface area contributed by atoms with Crippen LogP contribution in [0.2, 0.25) is 15.3 Å². The first kappa shape index (κ1) is 39.5. The van der Waals surface area contributed by atoms with Crippen LogP contribution in [0, 0.1) is 16.7 Å². The smallest absolute Gasteiger partial charge is 0.141 e. The van der Waals surface area contributed by atoms with Crippen molar-refractivity contribution >= 4 is 46.3 Å². The van der Waals surface area contributed by atoms with Crippen LogP contribution in [0.15, 0.2) is 146 Å². The molecule has 0 aliphatic heterocycles. The minimum Gasteiger partial charge on any atom is -0.457 e. The number of pyridine rings is 4. The first-order valence-electron chi connectivity index (χ1n) is 18.4. The number of nitrogens with one attached hydrogen (secondary N) is 1. The Labute approximate surface area is 360 Å². The molecule has 8 rings (SSSR count). The zero-order valence-corrected chi connectivity index (χ0v) is 33.7. The van der Waals surface area contributed by atoms with Crippen LogP contribution in [-0.4, -0.2) is 25.8 Å². The Morgan fingerprint density at radius 2 is 1.25 bits per heavy atom. The molecule has 13 heteroatoms. The van der Waals surface area contributed by atoms with Crippen LogP contribution < -0.4 is 20.9 Å². The van der Waals surface area contributed by atoms with Gasteiger partial charge in [-0.05, 0) is 96.1 Å². The van der Waals surface area contributed by atoms with Crippen molar-refractivity contribution in [2.75, 3.05) is 5.73 Å². The Kier molecular flexibility index (Phi) is 11.4. The highest BCUT2D eigenvalue weighted by molar-refractivity contribution is 6.39. The van der Waals surface area contributed by atoms with E-state index in [-0.39, 0.29) is 38.0 Å². The standard InChI is InChI=1S/C47H31Cl3N8O2/c48-41-34(25-51)43(57-45(49)38(41)35-11-6-7-23-55-35)28-14-20-33(21-15-28)60-37-12-5-4-8-30(37)24-27-13-22-36(56-26-27)39-42(52)40(47(53)54)44(58-46(39)50)29-16-18-32(19-17-29)59-31-9-2-1-3-10-31/h1-23,26H,24H2,(H2,52,58)(H3,53,54). The maximum Gasteiger partial charge on any atom is 0.141 e. The second-order valence-electron chi connectivity index (χ2n) is 13.4. The van der Waals surface area contributed by atoms with Crippen LogP contribution in [0.4, 0.5) is 5.69 Å². The molecule has 0 unspecified atom stereocenters. The summed E-state index contributed by atoms with van der Waals surface area (Å²) in [5, 5.41) is 18.9. The number of hydrogen-bond acceptors (Lipinski definition) is 9. The van der Waals surface area contributed by atoms with Gasteiger partial charge in [-0.25, -0.2) is 9.97 Å². The molecular weight excluding hydrogens is 815 g/mol. The molecule has 0 fully saturated rings. The Balaban J connectivity index is 1.00. The molecule has 0 saturated heterocycles. The van der Waals surface area contributed by atoms with Crippen molar-refractivity contribution in [1.82, 2.24) is 19.9 Å². The van der Waals surface area contributed by atoms with Crippen LogP contribution in [-0.2, 0) is 6.42 Å². The zero-order chi connectivity index (χ0) is 41.8. The summed E-state index contributed by atoms with van der Waals surface area (Å²) < 4.78 is 12.3. The maximum atomic E-state index is 10.0. The third kappa shape index (κ3) is 8.19. The van der Waals surface area contributed by atoms with Crippen molar-refractivity contribution in [1.29, 1.82) is 10.7 Å². The summed E-state index contributed by atoms with van der Waals surface area (Å²) in [6.07, 6.45) is 3.85. The number of nitrogens with zero attached hydrogens (tertiary/aromatic N) is 5. The number of amidine groups is 1. The van der Waals surface area contributed by atoms with E-state index in [1.807, 2.05) is 78.9 Å². The molecule has 292 valence electrons. The highest BCUT2D eigenvalue weighted by atomic mass is 35.5. The number of ether oxygens (including phenoxy) is 2. The lowest BCUT2D eigenvalue weighted by Gasteiger charge is -2.17. The summed E-state index contributed by atoms with van der Waals surface area (Å²) in [5.74, 6) is 2.29. The average molecular weight is 846 g/mol. The fraction of sp³-hybridized carbons (Fsp3) is 0.0213. The third-order valence-electron chi connectivity index (χ3n) is 9.50. The maximum absolute atomic E-state index is 10.0. The van der Waals surface area contributed by atoms with Gasteiger partial charge in [-0.1, -0.05) is 83.3 Å². The van der Waals surface area contributed by atoms with Gasteiger partial charge in [0.1, 0.15) is 45.2 Å². The molecule has 0 atom stereocenters. The molecule has 4 aromatic heterocycles. The Hall–Kier alpha value is -7.29. The first-order chi connectivity index (χ1) is 29.2. The minimum atomic E-state index is -0.256. The van der Waals surface area contributed by atoms with Crippen LogP contribution >= 0.6 is 34.8 Å². The molecule has 4 heterocycles. The number of halogens is 3.